The number of hydrogen-bond acceptors (Lipinski definition) is 4. The van der Waals surface area contributed by atoms with Gasteiger partial charge in [-0.15, -0.1) is 0 Å². The minimum absolute atomic E-state index is 0.0296. The molecule has 0 amide bonds. The third-order valence-electron chi connectivity index (χ3n) is 9.89. The molecule has 0 aromatic carbocycles. The van der Waals surface area contributed by atoms with Crippen molar-refractivity contribution in [2.75, 3.05) is 13.2 Å². The number of aliphatic hydroxyl groups is 1. The first-order chi connectivity index (χ1) is 14.4. The maximum atomic E-state index is 12.7. The number of Topliss-reactive ketones (excluding diaryl/α,β-unsaturated/α-hetero) is 1. The van der Waals surface area contributed by atoms with Gasteiger partial charge in [0.25, 0.3) is 0 Å². The lowest BCUT2D eigenvalue weighted by Crippen LogP contribution is -2.54. The Morgan fingerprint density at radius 3 is 2.57 bits per heavy atom. The standard InChI is InChI=1S/C26H40O4/c1-3-29-26(12-4-5-13-26)30-17-25-15-10-19(27)16-18(25)6-7-20-21-8-9-23(28)24(21,2)14-11-22(20)25/h16,19-22,27H,3-15,17H2,1-2H3/t19-,20-,21-,22-,24-,25+/m0/s1. The lowest BCUT2D eigenvalue weighted by atomic mass is 9.47. The molecule has 0 saturated heterocycles. The molecule has 30 heavy (non-hydrogen) atoms. The Hall–Kier alpha value is -0.710. The zero-order chi connectivity index (χ0) is 21.0. The molecule has 0 aliphatic heterocycles. The second kappa shape index (κ2) is 7.71. The van der Waals surface area contributed by atoms with Gasteiger partial charge in [-0.25, -0.2) is 0 Å². The van der Waals surface area contributed by atoms with Crippen LogP contribution in [0.1, 0.15) is 90.9 Å². The van der Waals surface area contributed by atoms with Gasteiger partial charge in [0.15, 0.2) is 5.79 Å². The minimum Gasteiger partial charge on any atom is -0.389 e. The highest BCUT2D eigenvalue weighted by molar-refractivity contribution is 5.87. The topological polar surface area (TPSA) is 55.8 Å². The first-order valence-corrected chi connectivity index (χ1v) is 12.6. The molecule has 5 aliphatic rings. The fraction of sp³-hybridized carbons (Fsp3) is 0.885. The van der Waals surface area contributed by atoms with Gasteiger partial charge in [0.05, 0.1) is 12.7 Å². The summed E-state index contributed by atoms with van der Waals surface area (Å²) in [6.07, 6.45) is 14.3. The quantitative estimate of drug-likeness (QED) is 0.495. The summed E-state index contributed by atoms with van der Waals surface area (Å²) in [4.78, 5) is 12.7. The average Bonchev–Trinajstić information content (AvgIpc) is 3.32. The number of carbonyl (C=O) groups is 1. The smallest absolute Gasteiger partial charge is 0.168 e. The van der Waals surface area contributed by atoms with Crippen LogP contribution in [0.25, 0.3) is 0 Å². The fourth-order valence-corrected chi connectivity index (χ4v) is 8.31. The zero-order valence-electron chi connectivity index (χ0n) is 19.0. The van der Waals surface area contributed by atoms with Crippen LogP contribution in [-0.2, 0) is 14.3 Å². The first-order valence-electron chi connectivity index (χ1n) is 12.6. The van der Waals surface area contributed by atoms with Crippen molar-refractivity contribution in [1.29, 1.82) is 0 Å². The number of rotatable bonds is 5. The SMILES string of the molecule is CCOC1(OC[C@]23CC[C@H](O)C=C2CC[C@@H]2[C@@H]3CC[C@]3(C)C(=O)CC[C@@H]23)CCCC1. The number of carbonyl (C=O) groups excluding carboxylic acids is 1. The van der Waals surface area contributed by atoms with Gasteiger partial charge in [-0.3, -0.25) is 4.79 Å². The molecule has 0 unspecified atom stereocenters. The Kier molecular flexibility index (Phi) is 5.43. The van der Waals surface area contributed by atoms with Crippen molar-refractivity contribution in [2.45, 2.75) is 103 Å². The molecule has 4 nitrogen and oxygen atoms in total. The van der Waals surface area contributed by atoms with E-state index in [-0.39, 0.29) is 16.9 Å². The van der Waals surface area contributed by atoms with E-state index in [0.29, 0.717) is 30.1 Å². The summed E-state index contributed by atoms with van der Waals surface area (Å²) in [5.41, 5.74) is 1.39. The van der Waals surface area contributed by atoms with Crippen LogP contribution in [0.15, 0.2) is 11.6 Å². The first kappa shape index (κ1) is 21.2. The van der Waals surface area contributed by atoms with Gasteiger partial charge in [-0.1, -0.05) is 18.6 Å². The van der Waals surface area contributed by atoms with Crippen LogP contribution in [0, 0.1) is 28.6 Å². The molecule has 1 N–H and O–H groups in total. The predicted octanol–water partition coefficient (Wildman–Crippen LogP) is 5.18. The highest BCUT2D eigenvalue weighted by Crippen LogP contribution is 2.65. The van der Waals surface area contributed by atoms with E-state index in [9.17, 15) is 9.90 Å². The van der Waals surface area contributed by atoms with Crippen LogP contribution in [-0.4, -0.2) is 36.0 Å². The molecule has 0 aromatic rings. The van der Waals surface area contributed by atoms with Crippen LogP contribution in [0.3, 0.4) is 0 Å². The van der Waals surface area contributed by atoms with E-state index in [1.807, 2.05) is 0 Å². The van der Waals surface area contributed by atoms with Crippen molar-refractivity contribution >= 4 is 5.78 Å². The Balaban J connectivity index is 1.45. The molecular weight excluding hydrogens is 376 g/mol. The monoisotopic (exact) mass is 416 g/mol. The van der Waals surface area contributed by atoms with Crippen molar-refractivity contribution in [3.8, 4) is 0 Å². The summed E-state index contributed by atoms with van der Waals surface area (Å²) in [7, 11) is 0. The molecule has 168 valence electrons. The molecular formula is C26H40O4. The number of ether oxygens (including phenoxy) is 2. The van der Waals surface area contributed by atoms with Gasteiger partial charge in [-0.05, 0) is 82.5 Å². The second-order valence-electron chi connectivity index (χ2n) is 11.1. The van der Waals surface area contributed by atoms with Crippen LogP contribution in [0.2, 0.25) is 0 Å². The summed E-state index contributed by atoms with van der Waals surface area (Å²) < 4.78 is 12.9. The average molecular weight is 417 g/mol. The minimum atomic E-state index is -0.399. The third kappa shape index (κ3) is 3.16. The summed E-state index contributed by atoms with van der Waals surface area (Å²) in [5.74, 6) is 1.86. The van der Waals surface area contributed by atoms with Crippen LogP contribution >= 0.6 is 0 Å². The molecule has 4 heteroatoms. The van der Waals surface area contributed by atoms with Crippen LogP contribution < -0.4 is 0 Å². The molecule has 5 aliphatic carbocycles. The van der Waals surface area contributed by atoms with Gasteiger partial charge in [0, 0.05) is 36.7 Å². The summed E-state index contributed by atoms with van der Waals surface area (Å²) in [5, 5.41) is 10.4. The van der Waals surface area contributed by atoms with E-state index in [0.717, 1.165) is 64.4 Å². The number of fused-ring (bicyclic) bond motifs is 5. The van der Waals surface area contributed by atoms with E-state index in [4.69, 9.17) is 9.47 Å². The van der Waals surface area contributed by atoms with Gasteiger partial charge in [0.1, 0.15) is 5.78 Å². The molecule has 4 fully saturated rings. The maximum Gasteiger partial charge on any atom is 0.168 e. The van der Waals surface area contributed by atoms with Crippen molar-refractivity contribution in [2.24, 2.45) is 28.6 Å². The van der Waals surface area contributed by atoms with E-state index >= 15 is 0 Å². The van der Waals surface area contributed by atoms with Gasteiger partial charge >= 0.3 is 0 Å². The van der Waals surface area contributed by atoms with E-state index < -0.39 is 5.79 Å². The van der Waals surface area contributed by atoms with Gasteiger partial charge in [-0.2, -0.15) is 0 Å². The Bertz CT molecular complexity index is 708. The number of hydrogen-bond donors (Lipinski definition) is 1. The number of aliphatic hydroxyl groups excluding tert-OH is 1. The lowest BCUT2D eigenvalue weighted by molar-refractivity contribution is -0.250. The van der Waals surface area contributed by atoms with Crippen molar-refractivity contribution in [3.05, 3.63) is 11.6 Å². The fourth-order valence-electron chi connectivity index (χ4n) is 8.31. The molecule has 0 aromatic heterocycles. The highest BCUT2D eigenvalue weighted by atomic mass is 16.7. The molecule has 6 atom stereocenters. The normalized spacial score (nSPS) is 44.9. The van der Waals surface area contributed by atoms with Crippen LogP contribution in [0.5, 0.6) is 0 Å². The number of ketones is 1. The predicted molar refractivity (Wildman–Crippen MR) is 116 cm³/mol. The third-order valence-corrected chi connectivity index (χ3v) is 9.89. The Labute approximate surface area is 181 Å². The van der Waals surface area contributed by atoms with Crippen LogP contribution in [0.4, 0.5) is 0 Å². The summed E-state index contributed by atoms with van der Waals surface area (Å²) in [6, 6.07) is 0. The van der Waals surface area contributed by atoms with Crippen molar-refractivity contribution < 1.29 is 19.4 Å². The molecule has 4 saturated carbocycles. The second-order valence-corrected chi connectivity index (χ2v) is 11.1. The van der Waals surface area contributed by atoms with E-state index in [1.165, 1.54) is 24.8 Å². The van der Waals surface area contributed by atoms with Gasteiger partial charge < -0.3 is 14.6 Å². The lowest BCUT2D eigenvalue weighted by Gasteiger charge is -2.58. The molecule has 0 spiro atoms. The van der Waals surface area contributed by atoms with Crippen molar-refractivity contribution in [3.63, 3.8) is 0 Å². The molecule has 5 rings (SSSR count). The van der Waals surface area contributed by atoms with E-state index in [2.05, 4.69) is 19.9 Å². The Morgan fingerprint density at radius 2 is 1.80 bits per heavy atom. The Morgan fingerprint density at radius 1 is 1.00 bits per heavy atom. The summed E-state index contributed by atoms with van der Waals surface area (Å²) >= 11 is 0. The maximum absolute atomic E-state index is 12.7. The van der Waals surface area contributed by atoms with E-state index in [1.54, 1.807) is 0 Å². The zero-order valence-corrected chi connectivity index (χ0v) is 19.0. The van der Waals surface area contributed by atoms with Gasteiger partial charge in [0.2, 0.25) is 0 Å². The molecule has 0 bridgehead atoms. The summed E-state index contributed by atoms with van der Waals surface area (Å²) in [6.45, 7) is 5.75. The highest BCUT2D eigenvalue weighted by Gasteiger charge is 2.60. The van der Waals surface area contributed by atoms with Crippen molar-refractivity contribution in [1.82, 2.24) is 0 Å². The largest absolute Gasteiger partial charge is 0.389 e. The molecule has 0 radical (unpaired) electrons. The molecule has 0 heterocycles.